The number of carbonyl (C=O) groups is 2. The highest BCUT2D eigenvalue weighted by Gasteiger charge is 2.36. The molecule has 8 nitrogen and oxygen atoms in total. The standard InChI is InChI=1S/C21H22N2O6/c1-26-15-4-6-17(27-2)16(9-15)23-11-14(8-20(23)24)21(25)22-10-13-3-5-18-19(7-13)29-12-28-18/h3-7,9,14H,8,10-12H2,1-2H3,(H,22,25). The Balaban J connectivity index is 1.42. The summed E-state index contributed by atoms with van der Waals surface area (Å²) in [6.07, 6.45) is 0.146. The average molecular weight is 398 g/mol. The quantitative estimate of drug-likeness (QED) is 0.802. The summed E-state index contributed by atoms with van der Waals surface area (Å²) in [5, 5.41) is 2.91. The lowest BCUT2D eigenvalue weighted by atomic mass is 10.1. The van der Waals surface area contributed by atoms with Crippen molar-refractivity contribution in [3.63, 3.8) is 0 Å². The number of rotatable bonds is 6. The fourth-order valence-corrected chi connectivity index (χ4v) is 3.51. The van der Waals surface area contributed by atoms with Crippen LogP contribution in [-0.4, -0.2) is 39.4 Å². The van der Waals surface area contributed by atoms with Gasteiger partial charge in [-0.2, -0.15) is 0 Å². The van der Waals surface area contributed by atoms with Gasteiger partial charge < -0.3 is 29.2 Å². The first kappa shape index (κ1) is 18.9. The lowest BCUT2D eigenvalue weighted by Gasteiger charge is -2.20. The first-order valence-corrected chi connectivity index (χ1v) is 9.27. The van der Waals surface area contributed by atoms with E-state index in [0.29, 0.717) is 35.2 Å². The minimum atomic E-state index is -0.438. The smallest absolute Gasteiger partial charge is 0.231 e. The number of nitrogens with one attached hydrogen (secondary N) is 1. The van der Waals surface area contributed by atoms with Crippen LogP contribution in [0.15, 0.2) is 36.4 Å². The van der Waals surface area contributed by atoms with Crippen molar-refractivity contribution in [2.75, 3.05) is 32.5 Å². The summed E-state index contributed by atoms with van der Waals surface area (Å²) in [6, 6.07) is 10.8. The molecule has 1 atom stereocenters. The summed E-state index contributed by atoms with van der Waals surface area (Å²) >= 11 is 0. The molecule has 2 aliphatic rings. The van der Waals surface area contributed by atoms with E-state index >= 15 is 0 Å². The number of carbonyl (C=O) groups excluding carboxylic acids is 2. The van der Waals surface area contributed by atoms with Crippen molar-refractivity contribution >= 4 is 17.5 Å². The molecule has 2 aromatic carbocycles. The number of amides is 2. The molecule has 29 heavy (non-hydrogen) atoms. The molecule has 0 saturated carbocycles. The fourth-order valence-electron chi connectivity index (χ4n) is 3.51. The van der Waals surface area contributed by atoms with Gasteiger partial charge >= 0.3 is 0 Å². The van der Waals surface area contributed by atoms with Gasteiger partial charge in [0.1, 0.15) is 11.5 Å². The van der Waals surface area contributed by atoms with E-state index in [0.717, 1.165) is 5.56 Å². The maximum absolute atomic E-state index is 12.7. The first-order chi connectivity index (χ1) is 14.1. The number of hydrogen-bond acceptors (Lipinski definition) is 6. The monoisotopic (exact) mass is 398 g/mol. The van der Waals surface area contributed by atoms with Gasteiger partial charge in [0.05, 0.1) is 25.8 Å². The van der Waals surface area contributed by atoms with Crippen LogP contribution in [0.4, 0.5) is 5.69 Å². The molecule has 1 unspecified atom stereocenters. The van der Waals surface area contributed by atoms with Gasteiger partial charge in [0, 0.05) is 25.6 Å². The lowest BCUT2D eigenvalue weighted by Crippen LogP contribution is -2.32. The molecule has 1 saturated heterocycles. The minimum Gasteiger partial charge on any atom is -0.497 e. The summed E-state index contributed by atoms with van der Waals surface area (Å²) in [5.74, 6) is 1.81. The predicted molar refractivity (Wildman–Crippen MR) is 104 cm³/mol. The van der Waals surface area contributed by atoms with Crippen LogP contribution in [0.5, 0.6) is 23.0 Å². The molecule has 1 fully saturated rings. The molecule has 0 aromatic heterocycles. The third-order valence-electron chi connectivity index (χ3n) is 5.08. The fraction of sp³-hybridized carbons (Fsp3) is 0.333. The number of fused-ring (bicyclic) bond motifs is 1. The maximum atomic E-state index is 12.7. The highest BCUT2D eigenvalue weighted by atomic mass is 16.7. The molecular weight excluding hydrogens is 376 g/mol. The van der Waals surface area contributed by atoms with Gasteiger partial charge in [0.15, 0.2) is 11.5 Å². The van der Waals surface area contributed by atoms with E-state index in [4.69, 9.17) is 18.9 Å². The molecular formula is C21H22N2O6. The zero-order chi connectivity index (χ0) is 20.4. The van der Waals surface area contributed by atoms with Crippen molar-refractivity contribution in [2.45, 2.75) is 13.0 Å². The summed E-state index contributed by atoms with van der Waals surface area (Å²) in [5.41, 5.74) is 1.50. The van der Waals surface area contributed by atoms with Gasteiger partial charge in [-0.25, -0.2) is 0 Å². The molecule has 2 heterocycles. The Labute approximate surface area is 168 Å². The third-order valence-corrected chi connectivity index (χ3v) is 5.08. The predicted octanol–water partition coefficient (Wildman–Crippen LogP) is 2.10. The number of methoxy groups -OCH3 is 2. The number of benzene rings is 2. The zero-order valence-electron chi connectivity index (χ0n) is 16.3. The van der Waals surface area contributed by atoms with E-state index in [-0.39, 0.29) is 31.6 Å². The molecule has 2 aliphatic heterocycles. The van der Waals surface area contributed by atoms with Gasteiger partial charge in [-0.1, -0.05) is 6.07 Å². The summed E-state index contributed by atoms with van der Waals surface area (Å²) in [6.45, 7) is 0.844. The van der Waals surface area contributed by atoms with Crippen molar-refractivity contribution in [1.29, 1.82) is 0 Å². The third kappa shape index (κ3) is 3.78. The minimum absolute atomic E-state index is 0.125. The topological polar surface area (TPSA) is 86.3 Å². The summed E-state index contributed by atoms with van der Waals surface area (Å²) in [4.78, 5) is 26.8. The molecule has 0 bridgehead atoms. The van der Waals surface area contributed by atoms with E-state index < -0.39 is 5.92 Å². The van der Waals surface area contributed by atoms with Crippen molar-refractivity contribution in [3.05, 3.63) is 42.0 Å². The molecule has 4 rings (SSSR count). The van der Waals surface area contributed by atoms with Crippen LogP contribution in [0.3, 0.4) is 0 Å². The number of anilines is 1. The molecule has 0 aliphatic carbocycles. The van der Waals surface area contributed by atoms with Crippen molar-refractivity contribution in [2.24, 2.45) is 5.92 Å². The van der Waals surface area contributed by atoms with Crippen molar-refractivity contribution < 1.29 is 28.5 Å². The van der Waals surface area contributed by atoms with Crippen LogP contribution in [-0.2, 0) is 16.1 Å². The molecule has 2 aromatic rings. The Hall–Kier alpha value is -3.42. The number of ether oxygens (including phenoxy) is 4. The molecule has 152 valence electrons. The molecule has 8 heteroatoms. The van der Waals surface area contributed by atoms with Crippen LogP contribution < -0.4 is 29.2 Å². The highest BCUT2D eigenvalue weighted by molar-refractivity contribution is 6.01. The SMILES string of the molecule is COc1ccc(OC)c(N2CC(C(=O)NCc3ccc4c(c3)OCO4)CC2=O)c1. The van der Waals surface area contributed by atoms with Crippen LogP contribution in [0.1, 0.15) is 12.0 Å². The largest absolute Gasteiger partial charge is 0.497 e. The Kier molecular flexibility index (Phi) is 5.16. The van der Waals surface area contributed by atoms with E-state index in [9.17, 15) is 9.59 Å². The number of nitrogens with zero attached hydrogens (tertiary/aromatic N) is 1. The summed E-state index contributed by atoms with van der Waals surface area (Å²) < 4.78 is 21.3. The van der Waals surface area contributed by atoms with Gasteiger partial charge in [0.25, 0.3) is 0 Å². The zero-order valence-corrected chi connectivity index (χ0v) is 16.3. The maximum Gasteiger partial charge on any atom is 0.231 e. The van der Waals surface area contributed by atoms with Crippen LogP contribution in [0, 0.1) is 5.92 Å². The normalized spacial score (nSPS) is 17.4. The van der Waals surface area contributed by atoms with Gasteiger partial charge in [0.2, 0.25) is 18.6 Å². The molecule has 1 N–H and O–H groups in total. The van der Waals surface area contributed by atoms with Crippen molar-refractivity contribution in [1.82, 2.24) is 5.32 Å². The second-order valence-electron chi connectivity index (χ2n) is 6.85. The van der Waals surface area contributed by atoms with Gasteiger partial charge in [-0.3, -0.25) is 9.59 Å². The molecule has 0 spiro atoms. The Morgan fingerprint density at radius 3 is 2.76 bits per heavy atom. The van der Waals surface area contributed by atoms with Crippen molar-refractivity contribution in [3.8, 4) is 23.0 Å². The van der Waals surface area contributed by atoms with Crippen LogP contribution in [0.25, 0.3) is 0 Å². The van der Waals surface area contributed by atoms with Crippen LogP contribution in [0.2, 0.25) is 0 Å². The van der Waals surface area contributed by atoms with E-state index in [1.165, 1.54) is 0 Å². The second-order valence-corrected chi connectivity index (χ2v) is 6.85. The molecule has 0 radical (unpaired) electrons. The van der Waals surface area contributed by atoms with Gasteiger partial charge in [-0.05, 0) is 29.8 Å². The lowest BCUT2D eigenvalue weighted by molar-refractivity contribution is -0.126. The van der Waals surface area contributed by atoms with Crippen LogP contribution >= 0.6 is 0 Å². The Morgan fingerprint density at radius 2 is 1.97 bits per heavy atom. The Bertz CT molecular complexity index is 945. The van der Waals surface area contributed by atoms with Gasteiger partial charge in [-0.15, -0.1) is 0 Å². The average Bonchev–Trinajstić information content (AvgIpc) is 3.37. The number of hydrogen-bond donors (Lipinski definition) is 1. The Morgan fingerprint density at radius 1 is 1.14 bits per heavy atom. The van der Waals surface area contributed by atoms with E-state index in [2.05, 4.69) is 5.32 Å². The van der Waals surface area contributed by atoms with E-state index in [1.54, 1.807) is 37.3 Å². The second kappa shape index (κ2) is 7.90. The highest BCUT2D eigenvalue weighted by Crippen LogP contribution is 2.36. The molecule has 2 amide bonds. The summed E-state index contributed by atoms with van der Waals surface area (Å²) in [7, 11) is 3.10. The van der Waals surface area contributed by atoms with E-state index in [1.807, 2.05) is 18.2 Å². The first-order valence-electron chi connectivity index (χ1n) is 9.27.